The Morgan fingerprint density at radius 1 is 1.45 bits per heavy atom. The number of carbonyl (C=O) groups is 1. The van der Waals surface area contributed by atoms with Crippen molar-refractivity contribution in [3.8, 4) is 0 Å². The van der Waals surface area contributed by atoms with Crippen LogP contribution in [0, 0.1) is 13.8 Å². The van der Waals surface area contributed by atoms with Crippen LogP contribution in [0.4, 0.5) is 4.79 Å². The lowest BCUT2D eigenvalue weighted by molar-refractivity contribution is 0.111. The van der Waals surface area contributed by atoms with Crippen LogP contribution >= 0.6 is 0 Å². The fraction of sp³-hybridized carbons (Fsp3) is 0.714. The minimum Gasteiger partial charge on any atom is -0.376 e. The standard InChI is InChI=1S/C14H24N4O2/c1-4-18-11(3)13(10(2)17-18)9-16-14(19)15-8-12-6-5-7-20-12/h12H,4-9H2,1-3H3,(H2,15,16,19)/t12-/m0/s1. The molecule has 2 amide bonds. The number of nitrogens with one attached hydrogen (secondary N) is 2. The predicted molar refractivity (Wildman–Crippen MR) is 76.6 cm³/mol. The van der Waals surface area contributed by atoms with Gasteiger partial charge in [-0.1, -0.05) is 0 Å². The van der Waals surface area contributed by atoms with Crippen molar-refractivity contribution in [2.45, 2.75) is 52.8 Å². The Hall–Kier alpha value is -1.56. The van der Waals surface area contributed by atoms with Gasteiger partial charge in [-0.15, -0.1) is 0 Å². The number of aryl methyl sites for hydroxylation is 2. The summed E-state index contributed by atoms with van der Waals surface area (Å²) in [4.78, 5) is 11.8. The fourth-order valence-corrected chi connectivity index (χ4v) is 2.54. The van der Waals surface area contributed by atoms with Crippen molar-refractivity contribution in [2.24, 2.45) is 0 Å². The normalized spacial score (nSPS) is 18.2. The molecule has 2 rings (SSSR count). The molecule has 1 aromatic rings. The quantitative estimate of drug-likeness (QED) is 0.859. The average Bonchev–Trinajstić information content (AvgIpc) is 3.03. The second-order valence-corrected chi connectivity index (χ2v) is 5.16. The molecule has 1 saturated heterocycles. The van der Waals surface area contributed by atoms with Gasteiger partial charge in [0.15, 0.2) is 0 Å². The van der Waals surface area contributed by atoms with Crippen LogP contribution in [0.3, 0.4) is 0 Å². The lowest BCUT2D eigenvalue weighted by atomic mass is 10.2. The number of hydrogen-bond donors (Lipinski definition) is 2. The molecule has 20 heavy (non-hydrogen) atoms. The number of aromatic nitrogens is 2. The van der Waals surface area contributed by atoms with Crippen molar-refractivity contribution in [3.05, 3.63) is 17.0 Å². The van der Waals surface area contributed by atoms with E-state index >= 15 is 0 Å². The summed E-state index contributed by atoms with van der Waals surface area (Å²) in [6.45, 7) is 8.81. The largest absolute Gasteiger partial charge is 0.376 e. The Labute approximate surface area is 119 Å². The fourth-order valence-electron chi connectivity index (χ4n) is 2.54. The van der Waals surface area contributed by atoms with Crippen LogP contribution in [-0.2, 0) is 17.8 Å². The number of amides is 2. The number of nitrogens with zero attached hydrogens (tertiary/aromatic N) is 2. The van der Waals surface area contributed by atoms with Gasteiger partial charge in [0.2, 0.25) is 0 Å². The summed E-state index contributed by atoms with van der Waals surface area (Å²) in [6, 6.07) is -0.149. The van der Waals surface area contributed by atoms with E-state index in [1.807, 2.05) is 18.5 Å². The molecule has 0 radical (unpaired) electrons. The molecule has 2 heterocycles. The summed E-state index contributed by atoms with van der Waals surface area (Å²) in [7, 11) is 0. The van der Waals surface area contributed by atoms with Crippen LogP contribution in [0.25, 0.3) is 0 Å². The van der Waals surface area contributed by atoms with Gasteiger partial charge in [0.05, 0.1) is 11.8 Å². The monoisotopic (exact) mass is 280 g/mol. The first-order chi connectivity index (χ1) is 9.61. The first-order valence-corrected chi connectivity index (χ1v) is 7.28. The first kappa shape index (κ1) is 14.8. The zero-order valence-corrected chi connectivity index (χ0v) is 12.5. The van der Waals surface area contributed by atoms with E-state index in [2.05, 4.69) is 22.7 Å². The molecule has 6 heteroatoms. The molecule has 2 N–H and O–H groups in total. The van der Waals surface area contributed by atoms with Gasteiger partial charge >= 0.3 is 6.03 Å². The van der Waals surface area contributed by atoms with Crippen LogP contribution < -0.4 is 10.6 Å². The summed E-state index contributed by atoms with van der Waals surface area (Å²) in [6.07, 6.45) is 2.29. The summed E-state index contributed by atoms with van der Waals surface area (Å²) in [5.74, 6) is 0. The molecule has 1 atom stereocenters. The van der Waals surface area contributed by atoms with E-state index in [0.717, 1.165) is 42.9 Å². The summed E-state index contributed by atoms with van der Waals surface area (Å²) in [5.41, 5.74) is 3.19. The summed E-state index contributed by atoms with van der Waals surface area (Å²) in [5, 5.41) is 10.2. The van der Waals surface area contributed by atoms with Gasteiger partial charge in [-0.3, -0.25) is 4.68 Å². The van der Waals surface area contributed by atoms with Gasteiger partial charge in [-0.25, -0.2) is 4.79 Å². The van der Waals surface area contributed by atoms with Crippen LogP contribution in [0.2, 0.25) is 0 Å². The highest BCUT2D eigenvalue weighted by molar-refractivity contribution is 5.73. The first-order valence-electron chi connectivity index (χ1n) is 7.28. The van der Waals surface area contributed by atoms with E-state index in [9.17, 15) is 4.79 Å². The maximum absolute atomic E-state index is 11.8. The topological polar surface area (TPSA) is 68.2 Å². The van der Waals surface area contributed by atoms with E-state index in [-0.39, 0.29) is 12.1 Å². The van der Waals surface area contributed by atoms with Gasteiger partial charge in [0, 0.05) is 37.5 Å². The molecule has 0 bridgehead atoms. The molecule has 0 aromatic carbocycles. The van der Waals surface area contributed by atoms with E-state index in [1.165, 1.54) is 0 Å². The van der Waals surface area contributed by atoms with Crippen LogP contribution in [-0.4, -0.2) is 35.1 Å². The molecule has 6 nitrogen and oxygen atoms in total. The molecule has 1 aromatic heterocycles. The van der Waals surface area contributed by atoms with Crippen molar-refractivity contribution in [1.29, 1.82) is 0 Å². The van der Waals surface area contributed by atoms with Gasteiger partial charge in [-0.05, 0) is 33.6 Å². The minimum atomic E-state index is -0.149. The van der Waals surface area contributed by atoms with Crippen LogP contribution in [0.15, 0.2) is 0 Å². The number of carbonyl (C=O) groups excluding carboxylic acids is 1. The van der Waals surface area contributed by atoms with Crippen molar-refractivity contribution in [3.63, 3.8) is 0 Å². The summed E-state index contributed by atoms with van der Waals surface area (Å²) >= 11 is 0. The molecule has 1 aliphatic rings. The highest BCUT2D eigenvalue weighted by Crippen LogP contribution is 2.12. The van der Waals surface area contributed by atoms with Crippen molar-refractivity contribution < 1.29 is 9.53 Å². The number of hydrogen-bond acceptors (Lipinski definition) is 3. The van der Waals surface area contributed by atoms with Gasteiger partial charge < -0.3 is 15.4 Å². The Kier molecular flexibility index (Phi) is 5.00. The number of urea groups is 1. The molecule has 1 aliphatic heterocycles. The number of ether oxygens (including phenoxy) is 1. The third kappa shape index (κ3) is 3.50. The molecule has 0 unspecified atom stereocenters. The maximum atomic E-state index is 11.8. The van der Waals surface area contributed by atoms with E-state index in [1.54, 1.807) is 0 Å². The smallest absolute Gasteiger partial charge is 0.315 e. The van der Waals surface area contributed by atoms with Crippen LogP contribution in [0.1, 0.15) is 36.7 Å². The molecule has 1 fully saturated rings. The molecule has 0 saturated carbocycles. The van der Waals surface area contributed by atoms with E-state index in [0.29, 0.717) is 13.1 Å². The minimum absolute atomic E-state index is 0.149. The molecule has 0 spiro atoms. The van der Waals surface area contributed by atoms with Gasteiger partial charge in [0.1, 0.15) is 0 Å². The highest BCUT2D eigenvalue weighted by Gasteiger charge is 2.16. The Balaban J connectivity index is 1.79. The van der Waals surface area contributed by atoms with Gasteiger partial charge in [-0.2, -0.15) is 5.10 Å². The zero-order chi connectivity index (χ0) is 14.5. The number of rotatable bonds is 5. The van der Waals surface area contributed by atoms with Crippen molar-refractivity contribution in [2.75, 3.05) is 13.2 Å². The zero-order valence-electron chi connectivity index (χ0n) is 12.5. The molecular weight excluding hydrogens is 256 g/mol. The Morgan fingerprint density at radius 3 is 2.85 bits per heavy atom. The lowest BCUT2D eigenvalue weighted by Crippen LogP contribution is -2.39. The summed E-state index contributed by atoms with van der Waals surface area (Å²) < 4.78 is 7.42. The van der Waals surface area contributed by atoms with Crippen molar-refractivity contribution in [1.82, 2.24) is 20.4 Å². The third-order valence-corrected chi connectivity index (χ3v) is 3.77. The molecule has 112 valence electrons. The van der Waals surface area contributed by atoms with Crippen LogP contribution in [0.5, 0.6) is 0 Å². The highest BCUT2D eigenvalue weighted by atomic mass is 16.5. The van der Waals surface area contributed by atoms with Gasteiger partial charge in [0.25, 0.3) is 0 Å². The maximum Gasteiger partial charge on any atom is 0.315 e. The molecule has 0 aliphatic carbocycles. The van der Waals surface area contributed by atoms with Crippen molar-refractivity contribution >= 4 is 6.03 Å². The second kappa shape index (κ2) is 6.74. The van der Waals surface area contributed by atoms with E-state index in [4.69, 9.17) is 4.74 Å². The Morgan fingerprint density at radius 2 is 2.25 bits per heavy atom. The predicted octanol–water partition coefficient (Wildman–Crippen LogP) is 1.50. The molecular formula is C14H24N4O2. The third-order valence-electron chi connectivity index (χ3n) is 3.77. The average molecular weight is 280 g/mol. The SMILES string of the molecule is CCn1nc(C)c(CNC(=O)NC[C@@H]2CCCO2)c1C. The lowest BCUT2D eigenvalue weighted by Gasteiger charge is -2.12. The Bertz CT molecular complexity index is 464. The van der Waals surface area contributed by atoms with E-state index < -0.39 is 0 Å². The second-order valence-electron chi connectivity index (χ2n) is 5.16.